The monoisotopic (exact) mass is 1910 g/mol. The van der Waals surface area contributed by atoms with Crippen molar-refractivity contribution in [1.82, 2.24) is 69.4 Å². The van der Waals surface area contributed by atoms with Gasteiger partial charge in [-0.15, -0.1) is 0 Å². The Kier molecular flexibility index (Phi) is 25.3. The molecule has 0 spiro atoms. The van der Waals surface area contributed by atoms with Crippen LogP contribution in [0.3, 0.4) is 0 Å². The number of para-hydroxylation sites is 2. The van der Waals surface area contributed by atoms with Gasteiger partial charge in [-0.3, -0.25) is 9.55 Å². The molecule has 149 heavy (non-hydrogen) atoms. The predicted octanol–water partition coefficient (Wildman–Crippen LogP) is 32.5. The molecule has 0 aliphatic heterocycles. The molecule has 0 amide bonds. The van der Waals surface area contributed by atoms with Gasteiger partial charge in [-0.1, -0.05) is 473 Å². The van der Waals surface area contributed by atoms with Gasteiger partial charge in [0.05, 0.1) is 108 Å². The standard InChI is InChI=1S/C50H33N5.C44H28N6.C40H26N4/c1-5-17-34(18-6-1)42-33-43(52-49(51-42)39-23-11-4-12-24-39)35-29-31-38(32-30-35)48-50(55-44-27-15-13-25-40(44)41-26-14-16-28-45(41)55)54-47(37-21-9-3-10-22-37)46(53-48)36-19-7-2-8-20-36;45-29-30-15-13-24-35(27-30)40-41(47-39(32-18-7-2-8-19-32)38(46-40)31-16-5-1-6-17-31)36-25-14-26-37(28-36)44-49-42(33-20-9-3-10-21-33)48-43(50-44)34-22-11-4-12-23-34;1-4-11-28(12-5-1)37-38(29-13-6-2-7-14-29)44-40(39(43-37)30-15-8-3-9-16-30)32-20-18-27(19-21-32)34-25-24-33-23-22-31-17-10-26-41-35(31)36(33)42-34/h1-33H;1-28H;1-26H. The fourth-order valence-corrected chi connectivity index (χ4v) is 19.0. The van der Waals surface area contributed by atoms with Crippen molar-refractivity contribution >= 4 is 43.6 Å². The minimum absolute atomic E-state index is 0.546. The largest absolute Gasteiger partial charge is 0.292 e. The smallest absolute Gasteiger partial charge is 0.165 e. The molecular weight excluding hydrogens is 1820 g/mol. The van der Waals surface area contributed by atoms with E-state index in [1.807, 2.05) is 273 Å². The molecule has 0 N–H and O–H groups in total. The topological polar surface area (TPSA) is 196 Å². The highest BCUT2D eigenvalue weighted by molar-refractivity contribution is 6.10. The molecule has 26 rings (SSSR count). The molecule has 0 aliphatic carbocycles. The van der Waals surface area contributed by atoms with Crippen molar-refractivity contribution in [3.8, 4) is 215 Å². The lowest BCUT2D eigenvalue weighted by Gasteiger charge is -2.18. The molecule has 0 saturated carbocycles. The molecule has 8 aromatic heterocycles. The predicted molar refractivity (Wildman–Crippen MR) is 603 cm³/mol. The van der Waals surface area contributed by atoms with Gasteiger partial charge in [0.15, 0.2) is 29.1 Å². The Balaban J connectivity index is 0.000000120. The van der Waals surface area contributed by atoms with Gasteiger partial charge in [0, 0.05) is 128 Å². The lowest BCUT2D eigenvalue weighted by Crippen LogP contribution is -2.06. The van der Waals surface area contributed by atoms with Gasteiger partial charge in [0.1, 0.15) is 5.69 Å². The summed E-state index contributed by atoms with van der Waals surface area (Å²) in [6.07, 6.45) is 1.82. The zero-order chi connectivity index (χ0) is 99.6. The van der Waals surface area contributed by atoms with E-state index < -0.39 is 0 Å². The number of fused-ring (bicyclic) bond motifs is 6. The summed E-state index contributed by atoms with van der Waals surface area (Å²) in [6, 6.07) is 178. The number of nitriles is 1. The third-order valence-electron chi connectivity index (χ3n) is 26.3. The number of aromatic nitrogens is 14. The third-order valence-corrected chi connectivity index (χ3v) is 26.3. The van der Waals surface area contributed by atoms with Gasteiger partial charge >= 0.3 is 0 Å². The summed E-state index contributed by atoms with van der Waals surface area (Å²) in [5, 5.41) is 14.3. The van der Waals surface area contributed by atoms with Crippen molar-refractivity contribution in [2.45, 2.75) is 0 Å². The second-order valence-corrected chi connectivity index (χ2v) is 35.8. The van der Waals surface area contributed by atoms with Gasteiger partial charge in [-0.25, -0.2) is 59.8 Å². The highest BCUT2D eigenvalue weighted by atomic mass is 15.1. The maximum atomic E-state index is 9.79. The fourth-order valence-electron chi connectivity index (χ4n) is 19.0. The van der Waals surface area contributed by atoms with Gasteiger partial charge in [0.25, 0.3) is 0 Å². The van der Waals surface area contributed by atoms with Crippen LogP contribution in [0.5, 0.6) is 0 Å². The molecule has 0 fully saturated rings. The van der Waals surface area contributed by atoms with Crippen LogP contribution in [-0.4, -0.2) is 69.4 Å². The van der Waals surface area contributed by atoms with Crippen molar-refractivity contribution in [3.63, 3.8) is 0 Å². The van der Waals surface area contributed by atoms with Crippen molar-refractivity contribution in [1.29, 1.82) is 5.26 Å². The first-order valence-electron chi connectivity index (χ1n) is 49.3. The number of hydrogen-bond donors (Lipinski definition) is 0. The van der Waals surface area contributed by atoms with E-state index in [0.717, 1.165) is 207 Å². The fraction of sp³-hybridized carbons (Fsp3) is 0. The van der Waals surface area contributed by atoms with E-state index in [0.29, 0.717) is 40.2 Å². The molecule has 0 radical (unpaired) electrons. The molecule has 0 aliphatic rings. The summed E-state index contributed by atoms with van der Waals surface area (Å²) in [5.41, 5.74) is 33.0. The van der Waals surface area contributed by atoms with Crippen LogP contribution >= 0.6 is 0 Å². The summed E-state index contributed by atoms with van der Waals surface area (Å²) < 4.78 is 2.27. The van der Waals surface area contributed by atoms with E-state index in [4.69, 9.17) is 59.8 Å². The molecule has 15 nitrogen and oxygen atoms in total. The summed E-state index contributed by atoms with van der Waals surface area (Å²) in [4.78, 5) is 67.1. The molecule has 15 heteroatoms. The zero-order valence-electron chi connectivity index (χ0n) is 80.4. The van der Waals surface area contributed by atoms with E-state index >= 15 is 0 Å². The minimum atomic E-state index is 0.546. The Labute approximate surface area is 860 Å². The summed E-state index contributed by atoms with van der Waals surface area (Å²) in [7, 11) is 0. The van der Waals surface area contributed by atoms with Crippen LogP contribution in [-0.2, 0) is 0 Å². The molecule has 698 valence electrons. The Bertz CT molecular complexity index is 9220. The summed E-state index contributed by atoms with van der Waals surface area (Å²) in [6.45, 7) is 0. The van der Waals surface area contributed by atoms with E-state index in [1.54, 1.807) is 6.07 Å². The van der Waals surface area contributed by atoms with Crippen LogP contribution < -0.4 is 0 Å². The summed E-state index contributed by atoms with van der Waals surface area (Å²) in [5.74, 6) is 3.18. The van der Waals surface area contributed by atoms with Gasteiger partial charge in [-0.2, -0.15) is 5.26 Å². The molecule has 18 aromatic carbocycles. The van der Waals surface area contributed by atoms with Crippen LogP contribution in [0.2, 0.25) is 0 Å². The average Bonchev–Trinajstić information content (AvgIpc) is 1.44. The van der Waals surface area contributed by atoms with Gasteiger partial charge in [-0.05, 0) is 48.5 Å². The van der Waals surface area contributed by atoms with E-state index in [9.17, 15) is 5.26 Å². The van der Waals surface area contributed by atoms with Crippen molar-refractivity contribution < 1.29 is 0 Å². The third kappa shape index (κ3) is 19.0. The second kappa shape index (κ2) is 41.5. The van der Waals surface area contributed by atoms with Gasteiger partial charge < -0.3 is 0 Å². The number of nitrogens with zero attached hydrogens (tertiary/aromatic N) is 15. The number of rotatable bonds is 19. The first-order chi connectivity index (χ1) is 73.8. The van der Waals surface area contributed by atoms with E-state index in [-0.39, 0.29) is 0 Å². The van der Waals surface area contributed by atoms with Crippen molar-refractivity contribution in [3.05, 3.63) is 533 Å². The number of hydrogen-bond acceptors (Lipinski definition) is 14. The normalized spacial score (nSPS) is 11.1. The molecular formula is C134H87N15. The zero-order valence-corrected chi connectivity index (χ0v) is 80.4. The minimum Gasteiger partial charge on any atom is -0.292 e. The lowest BCUT2D eigenvalue weighted by molar-refractivity contribution is 1.05. The first kappa shape index (κ1) is 90.9. The highest BCUT2D eigenvalue weighted by Crippen LogP contribution is 2.45. The SMILES string of the molecule is N#Cc1cccc(-c2nc(-c3ccccc3)c(-c3ccccc3)nc2-c2cccc(-c3nc(-c4ccccc4)nc(-c4ccccc4)n3)c2)c1.c1ccc(-c2cc(-c3ccc(-c4nc(-c5ccccc5)c(-c5ccccc5)nc4-n4c5ccccc5c5ccccc54)cc3)nc(-c3ccccc3)n2)cc1.c1ccc(-c2nc(-c3ccccc3)c(-c3ccc(-c4ccc5ccc6cccnc6c5n4)cc3)nc2-c2ccccc2)cc1. The molecule has 0 atom stereocenters. The molecule has 0 saturated heterocycles. The summed E-state index contributed by atoms with van der Waals surface area (Å²) >= 11 is 0. The molecule has 26 aromatic rings. The van der Waals surface area contributed by atoms with Crippen LogP contribution in [0, 0.1) is 11.3 Å². The van der Waals surface area contributed by atoms with Gasteiger partial charge in [0.2, 0.25) is 0 Å². The second-order valence-electron chi connectivity index (χ2n) is 35.8. The Morgan fingerprint density at radius 2 is 0.443 bits per heavy atom. The van der Waals surface area contributed by atoms with E-state index in [2.05, 4.69) is 264 Å². The number of pyridine rings is 2. The van der Waals surface area contributed by atoms with E-state index in [1.165, 1.54) is 10.8 Å². The average molecular weight is 1910 g/mol. The molecule has 0 bridgehead atoms. The van der Waals surface area contributed by atoms with Crippen LogP contribution in [0.1, 0.15) is 5.56 Å². The Hall–Kier alpha value is -20.6. The lowest BCUT2D eigenvalue weighted by atomic mass is 9.98. The Morgan fingerprint density at radius 1 is 0.168 bits per heavy atom. The van der Waals surface area contributed by atoms with Crippen molar-refractivity contribution in [2.24, 2.45) is 0 Å². The quantitative estimate of drug-likeness (QED) is 0.0693. The molecule has 8 heterocycles. The molecule has 0 unspecified atom stereocenters. The van der Waals surface area contributed by atoms with Crippen molar-refractivity contribution in [2.75, 3.05) is 0 Å². The first-order valence-corrected chi connectivity index (χ1v) is 49.3. The maximum absolute atomic E-state index is 9.79. The maximum Gasteiger partial charge on any atom is 0.165 e. The van der Waals surface area contributed by atoms with Crippen LogP contribution in [0.15, 0.2) is 528 Å². The van der Waals surface area contributed by atoms with Crippen LogP contribution in [0.4, 0.5) is 0 Å². The Morgan fingerprint density at radius 3 is 0.846 bits per heavy atom. The van der Waals surface area contributed by atoms with Crippen LogP contribution in [0.25, 0.3) is 253 Å². The number of benzene rings is 18. The highest BCUT2D eigenvalue weighted by Gasteiger charge is 2.28.